The molecule has 0 unspecified atom stereocenters. The molecular formula is C10H10GaNO. The molecule has 1 aliphatic rings. The minimum absolute atomic E-state index is 0.146. The number of carbonyl (C=O) groups excluding carboxylic acids is 1. The van der Waals surface area contributed by atoms with Crippen molar-refractivity contribution < 1.29 is 4.79 Å². The number of anilines is 1. The molecule has 3 heteroatoms. The van der Waals surface area contributed by atoms with Gasteiger partial charge in [-0.2, -0.15) is 0 Å². The third-order valence-electron chi connectivity index (χ3n) is 2.38. The Hall–Kier alpha value is -0.674. The van der Waals surface area contributed by atoms with Gasteiger partial charge in [-0.1, -0.05) is 0 Å². The second-order valence-electron chi connectivity index (χ2n) is 3.31. The zero-order chi connectivity index (χ0) is 9.42. The van der Waals surface area contributed by atoms with E-state index in [1.54, 1.807) is 25.5 Å². The van der Waals surface area contributed by atoms with Crippen molar-refractivity contribution in [2.24, 2.45) is 0 Å². The average molecular weight is 230 g/mol. The van der Waals surface area contributed by atoms with E-state index in [1.807, 2.05) is 4.90 Å². The molecule has 0 aliphatic carbocycles. The number of benzene rings is 1. The number of amides is 1. The Morgan fingerprint density at radius 1 is 1.54 bits per heavy atom. The van der Waals surface area contributed by atoms with E-state index >= 15 is 0 Å². The van der Waals surface area contributed by atoms with Crippen LogP contribution in [0.1, 0.15) is 12.5 Å². The fourth-order valence-corrected chi connectivity index (χ4v) is 2.37. The third-order valence-corrected chi connectivity index (χ3v) is 3.13. The summed E-state index contributed by atoms with van der Waals surface area (Å²) in [5, 5.41) is 0. The fourth-order valence-electron chi connectivity index (χ4n) is 1.75. The van der Waals surface area contributed by atoms with Gasteiger partial charge >= 0.3 is 87.7 Å². The average Bonchev–Trinajstić information content (AvgIpc) is 2.46. The van der Waals surface area contributed by atoms with Crippen LogP contribution in [0.5, 0.6) is 0 Å². The van der Waals surface area contributed by atoms with Crippen LogP contribution >= 0.6 is 0 Å². The van der Waals surface area contributed by atoms with E-state index in [1.165, 1.54) is 9.68 Å². The van der Waals surface area contributed by atoms with Gasteiger partial charge in [0.05, 0.1) is 0 Å². The maximum atomic E-state index is 11.2. The van der Waals surface area contributed by atoms with Gasteiger partial charge in [0.1, 0.15) is 0 Å². The molecule has 2 radical (unpaired) electrons. The molecule has 0 saturated carbocycles. The van der Waals surface area contributed by atoms with Gasteiger partial charge in [-0.05, 0) is 0 Å². The summed E-state index contributed by atoms with van der Waals surface area (Å²) in [4.78, 5) is 13.1. The first-order chi connectivity index (χ1) is 6.18. The summed E-state index contributed by atoms with van der Waals surface area (Å²) in [6, 6.07) is 6.33. The summed E-state index contributed by atoms with van der Waals surface area (Å²) >= 11 is 1.63. The minimum atomic E-state index is 0.146. The monoisotopic (exact) mass is 229 g/mol. The van der Waals surface area contributed by atoms with Crippen LogP contribution in [0.25, 0.3) is 0 Å². The molecule has 13 heavy (non-hydrogen) atoms. The standard InChI is InChI=1S/C10H10NO.Ga/c1-8(12)11-7-6-9-4-2-3-5-10(9)11;/h3-5H,6-7H2,1H3;. The van der Waals surface area contributed by atoms with Crippen molar-refractivity contribution in [1.82, 2.24) is 0 Å². The molecule has 0 atom stereocenters. The first-order valence-corrected chi connectivity index (χ1v) is 5.56. The summed E-state index contributed by atoms with van der Waals surface area (Å²) < 4.78 is 1.33. The summed E-state index contributed by atoms with van der Waals surface area (Å²) in [5.74, 6) is 0.146. The quantitative estimate of drug-likeness (QED) is 0.590. The van der Waals surface area contributed by atoms with Crippen LogP contribution in [-0.4, -0.2) is 31.1 Å². The van der Waals surface area contributed by atoms with Crippen LogP contribution in [0.3, 0.4) is 0 Å². The van der Waals surface area contributed by atoms with Gasteiger partial charge in [0.15, 0.2) is 0 Å². The Morgan fingerprint density at radius 3 is 3.00 bits per heavy atom. The molecule has 1 aliphatic heterocycles. The summed E-state index contributed by atoms with van der Waals surface area (Å²) in [7, 11) is 0. The van der Waals surface area contributed by atoms with Crippen LogP contribution in [0.15, 0.2) is 18.2 Å². The molecule has 0 spiro atoms. The zero-order valence-electron chi connectivity index (χ0n) is 7.58. The predicted octanol–water partition coefficient (Wildman–Crippen LogP) is 0.389. The first kappa shape index (κ1) is 8.90. The Bertz CT molecular complexity index is 362. The second-order valence-corrected chi connectivity index (χ2v) is 4.71. The van der Waals surface area contributed by atoms with Crippen molar-refractivity contribution in [3.05, 3.63) is 23.8 Å². The molecular weight excluding hydrogens is 220 g/mol. The molecule has 0 aromatic heterocycles. The Morgan fingerprint density at radius 2 is 2.31 bits per heavy atom. The summed E-state index contributed by atoms with van der Waals surface area (Å²) in [5.41, 5.74) is 2.42. The van der Waals surface area contributed by atoms with E-state index in [0.717, 1.165) is 18.7 Å². The van der Waals surface area contributed by atoms with Crippen LogP contribution in [0.2, 0.25) is 0 Å². The number of fused-ring (bicyclic) bond motifs is 1. The van der Waals surface area contributed by atoms with Crippen molar-refractivity contribution in [3.8, 4) is 0 Å². The third kappa shape index (κ3) is 1.54. The predicted molar refractivity (Wildman–Crippen MR) is 53.6 cm³/mol. The van der Waals surface area contributed by atoms with E-state index in [-0.39, 0.29) is 5.91 Å². The second kappa shape index (κ2) is 3.23. The van der Waals surface area contributed by atoms with Crippen LogP contribution in [0.4, 0.5) is 5.69 Å². The molecule has 0 saturated heterocycles. The van der Waals surface area contributed by atoms with E-state index in [2.05, 4.69) is 18.2 Å². The van der Waals surface area contributed by atoms with Crippen molar-refractivity contribution in [2.45, 2.75) is 13.3 Å². The normalized spacial score (nSPS) is 14.4. The summed E-state index contributed by atoms with van der Waals surface area (Å²) in [6.07, 6.45) is 1.01. The van der Waals surface area contributed by atoms with Gasteiger partial charge in [-0.3, -0.25) is 0 Å². The molecule has 1 aromatic rings. The number of nitrogens with zero attached hydrogens (tertiary/aromatic N) is 1. The molecule has 2 nitrogen and oxygen atoms in total. The Balaban J connectivity index is 2.44. The molecule has 0 bridgehead atoms. The molecule has 1 aromatic carbocycles. The van der Waals surface area contributed by atoms with Crippen LogP contribution in [-0.2, 0) is 11.2 Å². The molecule has 0 fully saturated rings. The topological polar surface area (TPSA) is 20.3 Å². The SMILES string of the molecule is CC(=O)N1CCc2c[c]([Ga])ccc21. The Kier molecular flexibility index (Phi) is 2.21. The molecule has 1 amide bonds. The number of carbonyl (C=O) groups is 1. The van der Waals surface area contributed by atoms with Gasteiger partial charge in [0, 0.05) is 0 Å². The van der Waals surface area contributed by atoms with Crippen molar-refractivity contribution in [3.63, 3.8) is 0 Å². The summed E-state index contributed by atoms with van der Waals surface area (Å²) in [6.45, 7) is 2.47. The fraction of sp³-hybridized carbons (Fsp3) is 0.300. The maximum absolute atomic E-state index is 11.2. The van der Waals surface area contributed by atoms with Gasteiger partial charge in [-0.25, -0.2) is 0 Å². The van der Waals surface area contributed by atoms with Crippen molar-refractivity contribution in [1.29, 1.82) is 0 Å². The van der Waals surface area contributed by atoms with Crippen molar-refractivity contribution in [2.75, 3.05) is 11.4 Å². The van der Waals surface area contributed by atoms with Gasteiger partial charge in [0.25, 0.3) is 0 Å². The Labute approximate surface area is 87.8 Å². The van der Waals surface area contributed by atoms with Crippen molar-refractivity contribution >= 4 is 34.3 Å². The number of hydrogen-bond donors (Lipinski definition) is 0. The molecule has 2 rings (SSSR count). The molecule has 64 valence electrons. The molecule has 0 N–H and O–H groups in total. The molecule has 1 heterocycles. The van der Waals surface area contributed by atoms with Gasteiger partial charge in [-0.15, -0.1) is 0 Å². The zero-order valence-corrected chi connectivity index (χ0v) is 10.0. The number of rotatable bonds is 0. The van der Waals surface area contributed by atoms with E-state index in [0.29, 0.717) is 0 Å². The van der Waals surface area contributed by atoms with E-state index in [4.69, 9.17) is 0 Å². The van der Waals surface area contributed by atoms with Crippen LogP contribution in [0, 0.1) is 0 Å². The van der Waals surface area contributed by atoms with Crippen LogP contribution < -0.4 is 9.02 Å². The van der Waals surface area contributed by atoms with E-state index < -0.39 is 0 Å². The van der Waals surface area contributed by atoms with E-state index in [9.17, 15) is 4.79 Å². The first-order valence-electron chi connectivity index (χ1n) is 4.35. The van der Waals surface area contributed by atoms with Gasteiger partial charge in [0.2, 0.25) is 0 Å². The number of hydrogen-bond acceptors (Lipinski definition) is 1. The van der Waals surface area contributed by atoms with Gasteiger partial charge < -0.3 is 0 Å².